The van der Waals surface area contributed by atoms with Crippen molar-refractivity contribution in [3.8, 4) is 0 Å². The molecule has 1 aromatic carbocycles. The molecule has 1 aromatic rings. The van der Waals surface area contributed by atoms with Crippen LogP contribution in [0.3, 0.4) is 0 Å². The molecular weight excluding hydrogens is 344 g/mol. The molecule has 1 aliphatic carbocycles. The lowest BCUT2D eigenvalue weighted by Crippen LogP contribution is -2.26. The summed E-state index contributed by atoms with van der Waals surface area (Å²) in [6, 6.07) is 6.76. The minimum Gasteiger partial charge on any atom is -0.351 e. The van der Waals surface area contributed by atoms with Crippen LogP contribution in [-0.4, -0.2) is 31.9 Å². The van der Waals surface area contributed by atoms with Gasteiger partial charge in [-0.25, -0.2) is 13.1 Å². The zero-order valence-corrected chi connectivity index (χ0v) is 15.9. The summed E-state index contributed by atoms with van der Waals surface area (Å²) in [5.41, 5.74) is 0.890. The van der Waals surface area contributed by atoms with Crippen molar-refractivity contribution in [3.05, 3.63) is 29.8 Å². The topological polar surface area (TPSA) is 75.3 Å². The van der Waals surface area contributed by atoms with Crippen molar-refractivity contribution in [1.82, 2.24) is 10.0 Å². The molecule has 0 bridgehead atoms. The summed E-state index contributed by atoms with van der Waals surface area (Å²) in [4.78, 5) is 12.0. The van der Waals surface area contributed by atoms with Crippen LogP contribution >= 0.6 is 11.8 Å². The number of sulfonamides is 1. The van der Waals surface area contributed by atoms with Crippen LogP contribution in [0.5, 0.6) is 0 Å². The van der Waals surface area contributed by atoms with Crippen molar-refractivity contribution in [2.24, 2.45) is 5.92 Å². The van der Waals surface area contributed by atoms with Crippen molar-refractivity contribution < 1.29 is 13.2 Å². The second-order valence-electron chi connectivity index (χ2n) is 6.55. The number of hydrogen-bond acceptors (Lipinski definition) is 4. The molecule has 2 rings (SSSR count). The van der Waals surface area contributed by atoms with Crippen molar-refractivity contribution >= 4 is 27.7 Å². The highest BCUT2D eigenvalue weighted by molar-refractivity contribution is 7.99. The first kappa shape index (κ1) is 19.3. The van der Waals surface area contributed by atoms with E-state index in [0.717, 1.165) is 30.6 Å². The van der Waals surface area contributed by atoms with Gasteiger partial charge in [0.2, 0.25) is 15.9 Å². The maximum absolute atomic E-state index is 12.1. The molecule has 134 valence electrons. The minimum absolute atomic E-state index is 0.0101. The first-order chi connectivity index (χ1) is 11.4. The Kier molecular flexibility index (Phi) is 7.13. The Morgan fingerprint density at radius 1 is 1.25 bits per heavy atom. The molecule has 1 amide bonds. The van der Waals surface area contributed by atoms with E-state index in [1.54, 1.807) is 36.0 Å². The lowest BCUT2D eigenvalue weighted by molar-refractivity contribution is -0.118. The van der Waals surface area contributed by atoms with E-state index in [0.29, 0.717) is 18.2 Å². The van der Waals surface area contributed by atoms with Gasteiger partial charge in [-0.3, -0.25) is 4.79 Å². The third kappa shape index (κ3) is 6.83. The summed E-state index contributed by atoms with van der Waals surface area (Å²) in [5, 5.41) is 2.86. The second kappa shape index (κ2) is 8.87. The summed E-state index contributed by atoms with van der Waals surface area (Å²) < 4.78 is 26.8. The highest BCUT2D eigenvalue weighted by Gasteiger charge is 2.27. The van der Waals surface area contributed by atoms with Gasteiger partial charge >= 0.3 is 0 Å². The lowest BCUT2D eigenvalue weighted by atomic mass is 10.2. The van der Waals surface area contributed by atoms with E-state index < -0.39 is 10.0 Å². The Labute approximate surface area is 149 Å². The smallest absolute Gasteiger partial charge is 0.240 e. The Morgan fingerprint density at radius 3 is 2.50 bits per heavy atom. The van der Waals surface area contributed by atoms with Gasteiger partial charge in [0.1, 0.15) is 0 Å². The fourth-order valence-corrected chi connectivity index (χ4v) is 4.39. The molecule has 0 atom stereocenters. The van der Waals surface area contributed by atoms with E-state index in [2.05, 4.69) is 23.9 Å². The van der Waals surface area contributed by atoms with Gasteiger partial charge in [0.05, 0.1) is 10.6 Å². The molecule has 0 spiro atoms. The average molecular weight is 371 g/mol. The first-order valence-electron chi connectivity index (χ1n) is 8.32. The Bertz CT molecular complexity index is 638. The number of carbonyl (C=O) groups excluding carboxylic acids is 1. The zero-order valence-electron chi connectivity index (χ0n) is 14.2. The minimum atomic E-state index is -3.41. The number of carbonyl (C=O) groups is 1. The van der Waals surface area contributed by atoms with Crippen molar-refractivity contribution in [2.75, 3.05) is 11.5 Å². The van der Waals surface area contributed by atoms with Gasteiger partial charge in [0.15, 0.2) is 0 Å². The maximum atomic E-state index is 12.1. The number of amides is 1. The predicted molar refractivity (Wildman–Crippen MR) is 98.4 cm³/mol. The number of benzene rings is 1. The Morgan fingerprint density at radius 2 is 1.92 bits per heavy atom. The molecule has 0 radical (unpaired) electrons. The fraction of sp³-hybridized carbons (Fsp3) is 0.588. The van der Waals surface area contributed by atoms with Crippen LogP contribution in [0.4, 0.5) is 0 Å². The highest BCUT2D eigenvalue weighted by Crippen LogP contribution is 2.22. The number of rotatable bonds is 10. The molecule has 0 aromatic heterocycles. The molecule has 2 N–H and O–H groups in total. The largest absolute Gasteiger partial charge is 0.351 e. The SMILES string of the molecule is CC(C)CCSCC(=O)NCc1ccc(S(=O)(=O)NC2CC2)cc1. The van der Waals surface area contributed by atoms with Gasteiger partial charge in [-0.15, -0.1) is 0 Å². The predicted octanol–water partition coefficient (Wildman–Crippen LogP) is 2.52. The van der Waals surface area contributed by atoms with Crippen LogP contribution in [0.25, 0.3) is 0 Å². The fourth-order valence-electron chi connectivity index (χ4n) is 2.01. The van der Waals surface area contributed by atoms with E-state index >= 15 is 0 Å². The van der Waals surface area contributed by atoms with Gasteiger partial charge in [-0.1, -0.05) is 26.0 Å². The van der Waals surface area contributed by atoms with Gasteiger partial charge < -0.3 is 5.32 Å². The van der Waals surface area contributed by atoms with Crippen LogP contribution < -0.4 is 10.0 Å². The third-order valence-electron chi connectivity index (χ3n) is 3.70. The Hall–Kier alpha value is -1.05. The zero-order chi connectivity index (χ0) is 17.6. The molecule has 7 heteroatoms. The van der Waals surface area contributed by atoms with Crippen LogP contribution in [0.1, 0.15) is 38.7 Å². The van der Waals surface area contributed by atoms with E-state index in [1.807, 2.05) is 0 Å². The third-order valence-corrected chi connectivity index (χ3v) is 6.22. The Balaban J connectivity index is 1.74. The number of hydrogen-bond donors (Lipinski definition) is 2. The molecular formula is C17H26N2O3S2. The van der Waals surface area contributed by atoms with Crippen LogP contribution in [0, 0.1) is 5.92 Å². The van der Waals surface area contributed by atoms with E-state index in [9.17, 15) is 13.2 Å². The summed E-state index contributed by atoms with van der Waals surface area (Å²) >= 11 is 1.64. The first-order valence-corrected chi connectivity index (χ1v) is 11.0. The lowest BCUT2D eigenvalue weighted by Gasteiger charge is -2.08. The quantitative estimate of drug-likeness (QED) is 0.621. The van der Waals surface area contributed by atoms with Gasteiger partial charge in [-0.2, -0.15) is 11.8 Å². The standard InChI is InChI=1S/C17H26N2O3S2/c1-13(2)9-10-23-12-17(20)18-11-14-3-7-16(8-4-14)24(21,22)19-15-5-6-15/h3-4,7-8,13,15,19H,5-6,9-12H2,1-2H3,(H,18,20). The average Bonchev–Trinajstić information content (AvgIpc) is 3.33. The molecule has 1 saturated carbocycles. The molecule has 1 fully saturated rings. The van der Waals surface area contributed by atoms with Crippen LogP contribution in [0.15, 0.2) is 29.2 Å². The van der Waals surface area contributed by atoms with E-state index in [1.165, 1.54) is 0 Å². The summed E-state index contributed by atoms with van der Waals surface area (Å²) in [7, 11) is -3.41. The summed E-state index contributed by atoms with van der Waals surface area (Å²) in [5.74, 6) is 2.12. The van der Waals surface area contributed by atoms with Crippen molar-refractivity contribution in [1.29, 1.82) is 0 Å². The van der Waals surface area contributed by atoms with Gasteiger partial charge in [0.25, 0.3) is 0 Å². The van der Waals surface area contributed by atoms with Crippen LogP contribution in [0.2, 0.25) is 0 Å². The monoisotopic (exact) mass is 370 g/mol. The van der Waals surface area contributed by atoms with Gasteiger partial charge in [-0.05, 0) is 48.6 Å². The normalized spacial score (nSPS) is 14.8. The van der Waals surface area contributed by atoms with Crippen LogP contribution in [-0.2, 0) is 21.4 Å². The molecule has 0 unspecified atom stereocenters. The number of nitrogens with one attached hydrogen (secondary N) is 2. The number of thioether (sulfide) groups is 1. The summed E-state index contributed by atoms with van der Waals surface area (Å²) in [6.07, 6.45) is 2.94. The maximum Gasteiger partial charge on any atom is 0.240 e. The van der Waals surface area contributed by atoms with Gasteiger partial charge in [0, 0.05) is 12.6 Å². The summed E-state index contributed by atoms with van der Waals surface area (Å²) in [6.45, 7) is 4.76. The molecule has 0 heterocycles. The molecule has 0 aliphatic heterocycles. The van der Waals surface area contributed by atoms with Crippen molar-refractivity contribution in [3.63, 3.8) is 0 Å². The molecule has 0 saturated heterocycles. The highest BCUT2D eigenvalue weighted by atomic mass is 32.2. The van der Waals surface area contributed by atoms with Crippen molar-refractivity contribution in [2.45, 2.75) is 50.6 Å². The molecule has 5 nitrogen and oxygen atoms in total. The van der Waals surface area contributed by atoms with E-state index in [-0.39, 0.29) is 16.8 Å². The van der Waals surface area contributed by atoms with E-state index in [4.69, 9.17) is 0 Å². The molecule has 1 aliphatic rings. The second-order valence-corrected chi connectivity index (χ2v) is 9.37. The molecule has 24 heavy (non-hydrogen) atoms.